The van der Waals surface area contributed by atoms with Gasteiger partial charge in [0, 0.05) is 17.0 Å². The fourth-order valence-corrected chi connectivity index (χ4v) is 3.68. The van der Waals surface area contributed by atoms with Gasteiger partial charge in [0.2, 0.25) is 0 Å². The molecule has 8 nitrogen and oxygen atoms in total. The van der Waals surface area contributed by atoms with E-state index in [2.05, 4.69) is 5.32 Å². The third-order valence-corrected chi connectivity index (χ3v) is 5.36. The summed E-state index contributed by atoms with van der Waals surface area (Å²) in [7, 11) is 0. The fourth-order valence-electron chi connectivity index (χ4n) is 2.65. The summed E-state index contributed by atoms with van der Waals surface area (Å²) in [5.41, 5.74) is 1.49. The van der Waals surface area contributed by atoms with Gasteiger partial charge in [0.15, 0.2) is 6.61 Å². The highest BCUT2D eigenvalue weighted by molar-refractivity contribution is 7.16. The second-order valence-electron chi connectivity index (χ2n) is 6.12. The zero-order valence-electron chi connectivity index (χ0n) is 15.5. The molecule has 0 fully saturated rings. The number of esters is 1. The number of nitrogens with one attached hydrogen (secondary N) is 1. The van der Waals surface area contributed by atoms with E-state index in [4.69, 9.17) is 4.74 Å². The van der Waals surface area contributed by atoms with Gasteiger partial charge >= 0.3 is 5.97 Å². The summed E-state index contributed by atoms with van der Waals surface area (Å²) in [6.45, 7) is 3.08. The van der Waals surface area contributed by atoms with Crippen molar-refractivity contribution in [2.75, 3.05) is 16.8 Å². The standard InChI is InChI=1S/C20H15N3O5S/c1-11-12(2)29-19(15(11)9-21)22-16(24)10-28-20(27)13-4-3-5-14(8-13)23-17(25)6-7-18(23)26/h3-8H,10H2,1-2H3,(H,22,24). The van der Waals surface area contributed by atoms with Gasteiger partial charge < -0.3 is 10.1 Å². The first-order chi connectivity index (χ1) is 13.8. The average molecular weight is 409 g/mol. The van der Waals surface area contributed by atoms with Gasteiger partial charge in [-0.05, 0) is 37.6 Å². The van der Waals surface area contributed by atoms with Crippen molar-refractivity contribution in [3.63, 3.8) is 0 Å². The maximum Gasteiger partial charge on any atom is 0.338 e. The minimum Gasteiger partial charge on any atom is -0.452 e. The SMILES string of the molecule is Cc1sc(NC(=O)COC(=O)c2cccc(N3C(=O)C=CC3=O)c2)c(C#N)c1C. The fraction of sp³-hybridized carbons (Fsp3) is 0.150. The first-order valence-electron chi connectivity index (χ1n) is 8.45. The van der Waals surface area contributed by atoms with Crippen molar-refractivity contribution < 1.29 is 23.9 Å². The predicted octanol–water partition coefficient (Wildman–Crippen LogP) is 2.46. The molecule has 1 N–H and O–H groups in total. The van der Waals surface area contributed by atoms with Crippen LogP contribution in [0.15, 0.2) is 36.4 Å². The molecule has 29 heavy (non-hydrogen) atoms. The van der Waals surface area contributed by atoms with Crippen molar-refractivity contribution in [1.29, 1.82) is 5.26 Å². The first kappa shape index (κ1) is 20.0. The zero-order valence-corrected chi connectivity index (χ0v) is 16.3. The van der Waals surface area contributed by atoms with E-state index in [9.17, 15) is 24.4 Å². The van der Waals surface area contributed by atoms with E-state index >= 15 is 0 Å². The number of benzene rings is 1. The highest BCUT2D eigenvalue weighted by atomic mass is 32.1. The van der Waals surface area contributed by atoms with Crippen molar-refractivity contribution in [3.05, 3.63) is 58.0 Å². The Balaban J connectivity index is 1.64. The number of nitriles is 1. The third-order valence-electron chi connectivity index (χ3n) is 4.23. The van der Waals surface area contributed by atoms with E-state index in [1.165, 1.54) is 35.6 Å². The number of carbonyl (C=O) groups excluding carboxylic acids is 4. The molecule has 0 atom stereocenters. The van der Waals surface area contributed by atoms with Crippen molar-refractivity contribution in [2.45, 2.75) is 13.8 Å². The van der Waals surface area contributed by atoms with E-state index < -0.39 is 30.3 Å². The molecule has 0 saturated carbocycles. The Bertz CT molecular complexity index is 1090. The number of ether oxygens (including phenoxy) is 1. The van der Waals surface area contributed by atoms with Gasteiger partial charge in [0.25, 0.3) is 17.7 Å². The summed E-state index contributed by atoms with van der Waals surface area (Å²) in [6.07, 6.45) is 2.28. The number of imide groups is 1. The molecule has 0 radical (unpaired) electrons. The molecule has 1 aliphatic heterocycles. The number of hydrogen-bond acceptors (Lipinski definition) is 7. The van der Waals surface area contributed by atoms with Crippen molar-refractivity contribution >= 4 is 45.7 Å². The van der Waals surface area contributed by atoms with Gasteiger partial charge in [-0.25, -0.2) is 9.69 Å². The average Bonchev–Trinajstić information content (AvgIpc) is 3.17. The van der Waals surface area contributed by atoms with Crippen LogP contribution in [0.5, 0.6) is 0 Å². The quantitative estimate of drug-likeness (QED) is 0.599. The molecular formula is C20H15N3O5S. The number of carbonyl (C=O) groups is 4. The van der Waals surface area contributed by atoms with Crippen LogP contribution in [0, 0.1) is 25.2 Å². The Morgan fingerprint density at radius 3 is 2.55 bits per heavy atom. The second-order valence-corrected chi connectivity index (χ2v) is 7.34. The lowest BCUT2D eigenvalue weighted by Gasteiger charge is -2.14. The topological polar surface area (TPSA) is 117 Å². The van der Waals surface area contributed by atoms with Crippen LogP contribution in [0.2, 0.25) is 0 Å². The van der Waals surface area contributed by atoms with Gasteiger partial charge in [-0.2, -0.15) is 5.26 Å². The first-order valence-corrected chi connectivity index (χ1v) is 9.26. The molecule has 146 valence electrons. The lowest BCUT2D eigenvalue weighted by molar-refractivity contribution is -0.120. The van der Waals surface area contributed by atoms with Crippen molar-refractivity contribution in [3.8, 4) is 6.07 Å². The molecule has 1 aliphatic rings. The van der Waals surface area contributed by atoms with Gasteiger partial charge in [-0.15, -0.1) is 11.3 Å². The number of nitrogens with zero attached hydrogens (tertiary/aromatic N) is 2. The molecule has 0 unspecified atom stereocenters. The summed E-state index contributed by atoms with van der Waals surface area (Å²) in [5.74, 6) is -2.38. The molecule has 9 heteroatoms. The lowest BCUT2D eigenvalue weighted by atomic mass is 10.2. The summed E-state index contributed by atoms with van der Waals surface area (Å²) in [4.78, 5) is 49.7. The molecule has 1 aromatic heterocycles. The largest absolute Gasteiger partial charge is 0.452 e. The summed E-state index contributed by atoms with van der Waals surface area (Å²) in [5, 5.41) is 12.2. The molecule has 0 bridgehead atoms. The van der Waals surface area contributed by atoms with Crippen molar-refractivity contribution in [2.24, 2.45) is 0 Å². The van der Waals surface area contributed by atoms with E-state index in [-0.39, 0.29) is 11.3 Å². The number of hydrogen-bond donors (Lipinski definition) is 1. The molecule has 2 heterocycles. The highest BCUT2D eigenvalue weighted by Gasteiger charge is 2.26. The minimum absolute atomic E-state index is 0.0864. The molecule has 3 rings (SSSR count). The monoisotopic (exact) mass is 409 g/mol. The molecular weight excluding hydrogens is 394 g/mol. The molecule has 0 spiro atoms. The predicted molar refractivity (Wildman–Crippen MR) is 105 cm³/mol. The number of rotatable bonds is 5. The van der Waals surface area contributed by atoms with E-state index in [1.807, 2.05) is 13.0 Å². The third kappa shape index (κ3) is 4.07. The lowest BCUT2D eigenvalue weighted by Crippen LogP contribution is -2.29. The van der Waals surface area contributed by atoms with Gasteiger partial charge in [0.05, 0.1) is 16.8 Å². The van der Waals surface area contributed by atoms with Crippen LogP contribution in [0.25, 0.3) is 0 Å². The van der Waals surface area contributed by atoms with Crippen LogP contribution in [0.3, 0.4) is 0 Å². The number of amides is 3. The van der Waals surface area contributed by atoms with Gasteiger partial charge in [-0.3, -0.25) is 14.4 Å². The van der Waals surface area contributed by atoms with Crippen LogP contribution >= 0.6 is 11.3 Å². The van der Waals surface area contributed by atoms with Crippen LogP contribution in [0.1, 0.15) is 26.4 Å². The second kappa shape index (κ2) is 8.08. The summed E-state index contributed by atoms with van der Waals surface area (Å²) < 4.78 is 5.01. The highest BCUT2D eigenvalue weighted by Crippen LogP contribution is 2.31. The smallest absolute Gasteiger partial charge is 0.338 e. The van der Waals surface area contributed by atoms with Crippen LogP contribution in [-0.4, -0.2) is 30.3 Å². The Kier molecular flexibility index (Phi) is 5.57. The van der Waals surface area contributed by atoms with Gasteiger partial charge in [0.1, 0.15) is 11.1 Å². The minimum atomic E-state index is -0.784. The Morgan fingerprint density at radius 1 is 1.21 bits per heavy atom. The van der Waals surface area contributed by atoms with Gasteiger partial charge in [-0.1, -0.05) is 6.07 Å². The van der Waals surface area contributed by atoms with Crippen LogP contribution < -0.4 is 10.2 Å². The summed E-state index contributed by atoms with van der Waals surface area (Å²) >= 11 is 1.27. The van der Waals surface area contributed by atoms with Crippen LogP contribution in [-0.2, 0) is 19.1 Å². The molecule has 2 aromatic rings. The normalized spacial score (nSPS) is 12.8. The number of aryl methyl sites for hydroxylation is 1. The molecule has 0 aliphatic carbocycles. The van der Waals surface area contributed by atoms with E-state index in [1.54, 1.807) is 6.92 Å². The van der Waals surface area contributed by atoms with Crippen molar-refractivity contribution in [1.82, 2.24) is 0 Å². The van der Waals surface area contributed by atoms with Crippen LogP contribution in [0.4, 0.5) is 10.7 Å². The molecule has 0 saturated heterocycles. The molecule has 3 amide bonds. The Labute approximate surface area is 170 Å². The summed E-state index contributed by atoms with van der Waals surface area (Å²) in [6, 6.07) is 7.84. The maximum absolute atomic E-state index is 12.3. The van der Waals surface area contributed by atoms with E-state index in [0.29, 0.717) is 10.6 Å². The number of anilines is 2. The maximum atomic E-state index is 12.3. The molecule has 1 aromatic carbocycles. The zero-order chi connectivity index (χ0) is 21.1. The van der Waals surface area contributed by atoms with E-state index in [0.717, 1.165) is 27.5 Å². The number of thiophene rings is 1. The Hall–Kier alpha value is -3.77. The Morgan fingerprint density at radius 2 is 1.90 bits per heavy atom.